The highest BCUT2D eigenvalue weighted by molar-refractivity contribution is 7.91. The van der Waals surface area contributed by atoms with Gasteiger partial charge in [0.15, 0.2) is 9.84 Å². The third-order valence-electron chi connectivity index (χ3n) is 3.20. The van der Waals surface area contributed by atoms with Gasteiger partial charge in [-0.05, 0) is 38.3 Å². The summed E-state index contributed by atoms with van der Waals surface area (Å²) in [6.07, 6.45) is 3.63. The lowest BCUT2D eigenvalue weighted by molar-refractivity contribution is -0.120. The van der Waals surface area contributed by atoms with Crippen LogP contribution in [0.5, 0.6) is 0 Å². The molecule has 0 heterocycles. The largest absolute Gasteiger partial charge is 0.356 e. The molecule has 0 aromatic carbocycles. The second kappa shape index (κ2) is 12.0. The normalized spacial score (nSPS) is 11.8. The van der Waals surface area contributed by atoms with Crippen molar-refractivity contribution in [3.05, 3.63) is 0 Å². The Morgan fingerprint density at radius 3 is 2.38 bits per heavy atom. The molecule has 0 fully saturated rings. The molecular formula is C15H32N2O3S. The molecule has 6 heteroatoms. The fourth-order valence-electron chi connectivity index (χ4n) is 1.76. The third-order valence-corrected chi connectivity index (χ3v) is 4.94. The topological polar surface area (TPSA) is 75.3 Å². The van der Waals surface area contributed by atoms with Gasteiger partial charge in [0.2, 0.25) is 5.91 Å². The molecule has 0 unspecified atom stereocenters. The Balaban J connectivity index is 3.54. The lowest BCUT2D eigenvalue weighted by Gasteiger charge is -2.08. The van der Waals surface area contributed by atoms with Crippen LogP contribution in [0.25, 0.3) is 0 Å². The van der Waals surface area contributed by atoms with Crippen LogP contribution in [0.1, 0.15) is 52.9 Å². The van der Waals surface area contributed by atoms with Gasteiger partial charge >= 0.3 is 0 Å². The Bertz CT molecular complexity index is 367. The average molecular weight is 320 g/mol. The van der Waals surface area contributed by atoms with Crippen molar-refractivity contribution in [3.63, 3.8) is 0 Å². The molecule has 0 spiro atoms. The molecule has 5 nitrogen and oxygen atoms in total. The maximum atomic E-state index is 11.6. The number of unbranched alkanes of at least 4 members (excludes halogenated alkanes) is 1. The predicted octanol–water partition coefficient (Wildman–Crippen LogP) is 1.73. The van der Waals surface area contributed by atoms with Gasteiger partial charge < -0.3 is 10.6 Å². The van der Waals surface area contributed by atoms with Crippen LogP contribution in [0.2, 0.25) is 0 Å². The number of hydrogen-bond donors (Lipinski definition) is 2. The lowest BCUT2D eigenvalue weighted by Crippen LogP contribution is -2.29. The SMILES string of the molecule is CCCCS(=O)(=O)CCC(=O)NCCCNCCC(C)C. The minimum Gasteiger partial charge on any atom is -0.356 e. The molecule has 0 aliphatic carbocycles. The molecule has 1 amide bonds. The van der Waals surface area contributed by atoms with Gasteiger partial charge in [0.1, 0.15) is 0 Å². The molecule has 0 atom stereocenters. The van der Waals surface area contributed by atoms with E-state index in [1.54, 1.807) is 0 Å². The summed E-state index contributed by atoms with van der Waals surface area (Å²) in [7, 11) is -3.06. The summed E-state index contributed by atoms with van der Waals surface area (Å²) in [5.74, 6) is 0.686. The van der Waals surface area contributed by atoms with E-state index in [9.17, 15) is 13.2 Å². The number of amides is 1. The zero-order valence-electron chi connectivity index (χ0n) is 13.8. The standard InChI is InChI=1S/C15H32N2O3S/c1-4-5-12-21(19,20)13-8-15(18)17-10-6-9-16-11-7-14(2)3/h14,16H,4-13H2,1-3H3,(H,17,18). The van der Waals surface area contributed by atoms with E-state index in [1.165, 1.54) is 0 Å². The molecule has 0 saturated heterocycles. The van der Waals surface area contributed by atoms with E-state index >= 15 is 0 Å². The molecule has 0 bridgehead atoms. The zero-order valence-corrected chi connectivity index (χ0v) is 14.6. The fraction of sp³-hybridized carbons (Fsp3) is 0.933. The Kier molecular flexibility index (Phi) is 11.6. The fourth-order valence-corrected chi connectivity index (χ4v) is 3.19. The maximum absolute atomic E-state index is 11.6. The van der Waals surface area contributed by atoms with E-state index < -0.39 is 9.84 Å². The van der Waals surface area contributed by atoms with Gasteiger partial charge in [-0.15, -0.1) is 0 Å². The molecule has 126 valence electrons. The Morgan fingerprint density at radius 1 is 1.05 bits per heavy atom. The number of nitrogens with one attached hydrogen (secondary N) is 2. The van der Waals surface area contributed by atoms with E-state index in [0.29, 0.717) is 18.9 Å². The highest BCUT2D eigenvalue weighted by Gasteiger charge is 2.12. The van der Waals surface area contributed by atoms with Gasteiger partial charge in [-0.3, -0.25) is 4.79 Å². The van der Waals surface area contributed by atoms with E-state index in [1.807, 2.05) is 6.92 Å². The van der Waals surface area contributed by atoms with Crippen molar-refractivity contribution in [2.75, 3.05) is 31.1 Å². The molecule has 0 radical (unpaired) electrons. The van der Waals surface area contributed by atoms with Crippen LogP contribution in [0, 0.1) is 5.92 Å². The third kappa shape index (κ3) is 14.1. The summed E-state index contributed by atoms with van der Waals surface area (Å²) < 4.78 is 23.2. The first-order valence-electron chi connectivity index (χ1n) is 8.05. The predicted molar refractivity (Wildman–Crippen MR) is 88.1 cm³/mol. The zero-order chi connectivity index (χ0) is 16.1. The number of rotatable bonds is 13. The molecule has 0 aliphatic rings. The molecule has 0 aliphatic heterocycles. The van der Waals surface area contributed by atoms with Crippen LogP contribution in [0.3, 0.4) is 0 Å². The summed E-state index contributed by atoms with van der Waals surface area (Å²) >= 11 is 0. The molecule has 21 heavy (non-hydrogen) atoms. The van der Waals surface area contributed by atoms with Gasteiger partial charge in [-0.2, -0.15) is 0 Å². The number of hydrogen-bond acceptors (Lipinski definition) is 4. The van der Waals surface area contributed by atoms with Crippen molar-refractivity contribution < 1.29 is 13.2 Å². The minimum atomic E-state index is -3.06. The molecule has 0 saturated carbocycles. The molecule has 0 rings (SSSR count). The summed E-state index contributed by atoms with van der Waals surface area (Å²) in [4.78, 5) is 11.5. The van der Waals surface area contributed by atoms with E-state index in [0.717, 1.165) is 32.4 Å². The van der Waals surface area contributed by atoms with Gasteiger partial charge in [-0.25, -0.2) is 8.42 Å². The van der Waals surface area contributed by atoms with Crippen molar-refractivity contribution in [3.8, 4) is 0 Å². The summed E-state index contributed by atoms with van der Waals surface area (Å²) in [5, 5.41) is 6.09. The second-order valence-electron chi connectivity index (χ2n) is 5.89. The monoisotopic (exact) mass is 320 g/mol. The van der Waals surface area contributed by atoms with Crippen LogP contribution in [-0.2, 0) is 14.6 Å². The van der Waals surface area contributed by atoms with Gasteiger partial charge in [0.05, 0.1) is 11.5 Å². The van der Waals surface area contributed by atoms with Gasteiger partial charge in [0.25, 0.3) is 0 Å². The van der Waals surface area contributed by atoms with E-state index in [4.69, 9.17) is 0 Å². The van der Waals surface area contributed by atoms with Gasteiger partial charge in [-0.1, -0.05) is 27.2 Å². The Labute approximate surface area is 130 Å². The minimum absolute atomic E-state index is 0.0362. The lowest BCUT2D eigenvalue weighted by atomic mass is 10.1. The van der Waals surface area contributed by atoms with Crippen molar-refractivity contribution in [2.45, 2.75) is 52.9 Å². The first-order chi connectivity index (χ1) is 9.87. The van der Waals surface area contributed by atoms with Gasteiger partial charge in [0, 0.05) is 13.0 Å². The summed E-state index contributed by atoms with van der Waals surface area (Å²) in [5.41, 5.74) is 0. The molecule has 0 aromatic heterocycles. The van der Waals surface area contributed by atoms with Crippen molar-refractivity contribution in [1.82, 2.24) is 10.6 Å². The van der Waals surface area contributed by atoms with E-state index in [-0.39, 0.29) is 23.8 Å². The van der Waals surface area contributed by atoms with Crippen LogP contribution in [0.15, 0.2) is 0 Å². The van der Waals surface area contributed by atoms with Crippen LogP contribution in [0.4, 0.5) is 0 Å². The number of carbonyl (C=O) groups is 1. The first-order valence-corrected chi connectivity index (χ1v) is 9.87. The molecule has 2 N–H and O–H groups in total. The smallest absolute Gasteiger partial charge is 0.221 e. The van der Waals surface area contributed by atoms with Crippen LogP contribution < -0.4 is 10.6 Å². The summed E-state index contributed by atoms with van der Waals surface area (Å²) in [6, 6.07) is 0. The maximum Gasteiger partial charge on any atom is 0.221 e. The van der Waals surface area contributed by atoms with E-state index in [2.05, 4.69) is 24.5 Å². The quantitative estimate of drug-likeness (QED) is 0.507. The Morgan fingerprint density at radius 2 is 1.76 bits per heavy atom. The number of carbonyl (C=O) groups excluding carboxylic acids is 1. The summed E-state index contributed by atoms with van der Waals surface area (Å²) in [6.45, 7) is 8.82. The van der Waals surface area contributed by atoms with Crippen molar-refractivity contribution in [2.24, 2.45) is 5.92 Å². The highest BCUT2D eigenvalue weighted by atomic mass is 32.2. The van der Waals surface area contributed by atoms with Crippen LogP contribution >= 0.6 is 0 Å². The second-order valence-corrected chi connectivity index (χ2v) is 8.20. The first kappa shape index (κ1) is 20.4. The van der Waals surface area contributed by atoms with Crippen molar-refractivity contribution >= 4 is 15.7 Å². The Hall–Kier alpha value is -0.620. The van der Waals surface area contributed by atoms with Crippen LogP contribution in [-0.4, -0.2) is 45.5 Å². The van der Waals surface area contributed by atoms with Crippen molar-refractivity contribution in [1.29, 1.82) is 0 Å². The highest BCUT2D eigenvalue weighted by Crippen LogP contribution is 1.99. The molecule has 0 aromatic rings. The average Bonchev–Trinajstić information content (AvgIpc) is 2.42. The molecular weight excluding hydrogens is 288 g/mol. The number of sulfone groups is 1.